The van der Waals surface area contributed by atoms with Crippen molar-refractivity contribution in [2.75, 3.05) is 27.9 Å². The first-order valence-electron chi connectivity index (χ1n) is 8.24. The summed E-state index contributed by atoms with van der Waals surface area (Å²) >= 11 is 0. The molecule has 0 aromatic heterocycles. The predicted octanol–water partition coefficient (Wildman–Crippen LogP) is 1.53. The Balaban J connectivity index is 1.95. The molecule has 3 rings (SSSR count). The van der Waals surface area contributed by atoms with E-state index in [9.17, 15) is 10.2 Å². The summed E-state index contributed by atoms with van der Waals surface area (Å²) in [5.74, 6) is 1.68. The van der Waals surface area contributed by atoms with Crippen LogP contribution in [0.15, 0.2) is 24.3 Å². The lowest BCUT2D eigenvalue weighted by molar-refractivity contribution is -0.698. The summed E-state index contributed by atoms with van der Waals surface area (Å²) in [4.78, 5) is 0. The topological polar surface area (TPSA) is 84.8 Å². The number of nitrogens with two attached hydrogens (primary N) is 1. The summed E-state index contributed by atoms with van der Waals surface area (Å²) < 4.78 is 16.2. The molecule has 1 aliphatic heterocycles. The number of hydrogen-bond donors (Lipinski definition) is 3. The number of phenolic OH excluding ortho intramolecular Hbond substituents is 2. The van der Waals surface area contributed by atoms with E-state index in [2.05, 4.69) is 5.32 Å². The highest BCUT2D eigenvalue weighted by atomic mass is 16.5. The molecule has 1 unspecified atom stereocenters. The van der Waals surface area contributed by atoms with Gasteiger partial charge in [-0.3, -0.25) is 0 Å². The van der Waals surface area contributed by atoms with E-state index >= 15 is 0 Å². The van der Waals surface area contributed by atoms with E-state index in [0.717, 1.165) is 36.1 Å². The summed E-state index contributed by atoms with van der Waals surface area (Å²) in [5.41, 5.74) is 3.18. The number of ether oxygens (including phenoxy) is 3. The zero-order valence-electron chi connectivity index (χ0n) is 14.7. The predicted molar refractivity (Wildman–Crippen MR) is 92.8 cm³/mol. The van der Waals surface area contributed by atoms with E-state index in [1.165, 1.54) is 0 Å². The lowest BCUT2D eigenvalue weighted by Crippen LogP contribution is -2.87. The smallest absolute Gasteiger partial charge is 0.203 e. The minimum atomic E-state index is -0.0797. The molecule has 25 heavy (non-hydrogen) atoms. The fraction of sp³-hybridized carbons (Fsp3) is 0.368. The summed E-state index contributed by atoms with van der Waals surface area (Å²) in [5, 5.41) is 21.9. The van der Waals surface area contributed by atoms with Crippen LogP contribution in [0.4, 0.5) is 0 Å². The van der Waals surface area contributed by atoms with E-state index in [0.29, 0.717) is 17.2 Å². The molecule has 2 aromatic rings. The molecule has 6 nitrogen and oxygen atoms in total. The van der Waals surface area contributed by atoms with Crippen LogP contribution in [0.1, 0.15) is 22.7 Å². The number of phenols is 2. The third kappa shape index (κ3) is 3.30. The standard InChI is InChI=1S/C19H23NO5/c1-23-17-7-11(8-18(24-2)19(17)25-3)6-14-13-10-16(22)15(21)9-12(13)4-5-20-14/h7-10,14,20-22H,4-6H2,1-3H3/p+1. The van der Waals surface area contributed by atoms with Crippen molar-refractivity contribution in [3.05, 3.63) is 41.0 Å². The first-order valence-corrected chi connectivity index (χ1v) is 8.24. The van der Waals surface area contributed by atoms with Crippen LogP contribution < -0.4 is 19.5 Å². The minimum Gasteiger partial charge on any atom is -0.504 e. The minimum absolute atomic E-state index is 0.0628. The molecule has 0 saturated carbocycles. The maximum atomic E-state index is 9.87. The summed E-state index contributed by atoms with van der Waals surface area (Å²) in [6.07, 6.45) is 1.61. The zero-order valence-corrected chi connectivity index (χ0v) is 14.7. The van der Waals surface area contributed by atoms with E-state index in [1.807, 2.05) is 12.1 Å². The molecule has 2 aromatic carbocycles. The lowest BCUT2D eigenvalue weighted by Gasteiger charge is -2.25. The first kappa shape index (κ1) is 17.2. The molecule has 4 N–H and O–H groups in total. The second kappa shape index (κ2) is 7.11. The van der Waals surface area contributed by atoms with Gasteiger partial charge in [0.2, 0.25) is 5.75 Å². The van der Waals surface area contributed by atoms with Crippen LogP contribution in [-0.2, 0) is 12.8 Å². The Morgan fingerprint density at radius 2 is 1.60 bits per heavy atom. The largest absolute Gasteiger partial charge is 0.504 e. The maximum Gasteiger partial charge on any atom is 0.203 e. The van der Waals surface area contributed by atoms with Crippen molar-refractivity contribution in [2.45, 2.75) is 18.9 Å². The second-order valence-electron chi connectivity index (χ2n) is 6.16. The quantitative estimate of drug-likeness (QED) is 0.715. The molecule has 0 saturated heterocycles. The molecule has 0 radical (unpaired) electrons. The van der Waals surface area contributed by atoms with Gasteiger partial charge in [0.05, 0.1) is 27.9 Å². The lowest BCUT2D eigenvalue weighted by atomic mass is 9.89. The van der Waals surface area contributed by atoms with E-state index in [4.69, 9.17) is 14.2 Å². The molecule has 6 heteroatoms. The van der Waals surface area contributed by atoms with Crippen molar-refractivity contribution in [1.82, 2.24) is 0 Å². The third-order valence-corrected chi connectivity index (χ3v) is 4.68. The van der Waals surface area contributed by atoms with Gasteiger partial charge < -0.3 is 29.7 Å². The van der Waals surface area contributed by atoms with Gasteiger partial charge in [-0.2, -0.15) is 0 Å². The van der Waals surface area contributed by atoms with Gasteiger partial charge in [0.15, 0.2) is 23.0 Å². The van der Waals surface area contributed by atoms with Crippen molar-refractivity contribution < 1.29 is 29.7 Å². The average molecular weight is 346 g/mol. The van der Waals surface area contributed by atoms with Crippen molar-refractivity contribution in [2.24, 2.45) is 0 Å². The number of fused-ring (bicyclic) bond motifs is 1. The van der Waals surface area contributed by atoms with Crippen molar-refractivity contribution in [1.29, 1.82) is 0 Å². The molecule has 0 amide bonds. The number of quaternary nitrogens is 1. The van der Waals surface area contributed by atoms with Gasteiger partial charge in [-0.25, -0.2) is 0 Å². The fourth-order valence-electron chi connectivity index (χ4n) is 3.47. The SMILES string of the molecule is COc1cc(CC2[NH2+]CCc3cc(O)c(O)cc32)cc(OC)c1OC. The molecule has 0 bridgehead atoms. The summed E-state index contributed by atoms with van der Waals surface area (Å²) in [6.45, 7) is 0.937. The van der Waals surface area contributed by atoms with Crippen LogP contribution in [0.3, 0.4) is 0 Å². The van der Waals surface area contributed by atoms with Gasteiger partial charge in [-0.1, -0.05) is 0 Å². The fourth-order valence-corrected chi connectivity index (χ4v) is 3.47. The highest BCUT2D eigenvalue weighted by Crippen LogP contribution is 2.39. The number of aromatic hydroxyl groups is 2. The van der Waals surface area contributed by atoms with Crippen molar-refractivity contribution in [3.63, 3.8) is 0 Å². The van der Waals surface area contributed by atoms with Gasteiger partial charge in [-0.05, 0) is 35.4 Å². The van der Waals surface area contributed by atoms with Crippen molar-refractivity contribution in [3.8, 4) is 28.7 Å². The maximum absolute atomic E-state index is 9.87. The molecular formula is C19H24NO5+. The molecule has 1 aliphatic rings. The van der Waals surface area contributed by atoms with Crippen LogP contribution in [0, 0.1) is 0 Å². The molecule has 0 fully saturated rings. The number of rotatable bonds is 5. The Bertz CT molecular complexity index is 750. The Morgan fingerprint density at radius 1 is 0.960 bits per heavy atom. The summed E-state index contributed by atoms with van der Waals surface area (Å²) in [7, 11) is 4.79. The van der Waals surface area contributed by atoms with Gasteiger partial charge in [0.25, 0.3) is 0 Å². The number of hydrogen-bond acceptors (Lipinski definition) is 5. The number of methoxy groups -OCH3 is 3. The number of benzene rings is 2. The molecule has 0 spiro atoms. The van der Waals surface area contributed by atoms with E-state index < -0.39 is 0 Å². The van der Waals surface area contributed by atoms with Crippen LogP contribution in [0.5, 0.6) is 28.7 Å². The van der Waals surface area contributed by atoms with E-state index in [-0.39, 0.29) is 17.5 Å². The normalized spacial score (nSPS) is 16.2. The van der Waals surface area contributed by atoms with Crippen LogP contribution in [-0.4, -0.2) is 38.1 Å². The monoisotopic (exact) mass is 346 g/mol. The first-order chi connectivity index (χ1) is 12.1. The van der Waals surface area contributed by atoms with Crippen molar-refractivity contribution >= 4 is 0 Å². The van der Waals surface area contributed by atoms with Gasteiger partial charge in [-0.15, -0.1) is 0 Å². The summed E-state index contributed by atoms with van der Waals surface area (Å²) in [6, 6.07) is 7.38. The Morgan fingerprint density at radius 3 is 2.20 bits per heavy atom. The van der Waals surface area contributed by atoms with Gasteiger partial charge >= 0.3 is 0 Å². The molecule has 134 valence electrons. The molecular weight excluding hydrogens is 322 g/mol. The van der Waals surface area contributed by atoms with Gasteiger partial charge in [0.1, 0.15) is 6.04 Å². The second-order valence-corrected chi connectivity index (χ2v) is 6.16. The van der Waals surface area contributed by atoms with Crippen LogP contribution in [0.25, 0.3) is 0 Å². The average Bonchev–Trinajstić information content (AvgIpc) is 2.62. The molecule has 0 aliphatic carbocycles. The third-order valence-electron chi connectivity index (χ3n) is 4.68. The Hall–Kier alpha value is -2.60. The Kier molecular flexibility index (Phi) is 4.90. The van der Waals surface area contributed by atoms with Crippen LogP contribution >= 0.6 is 0 Å². The highest BCUT2D eigenvalue weighted by molar-refractivity contribution is 5.54. The molecule has 1 heterocycles. The highest BCUT2D eigenvalue weighted by Gasteiger charge is 2.26. The van der Waals surface area contributed by atoms with Gasteiger partial charge in [0, 0.05) is 18.4 Å². The Labute approximate surface area is 147 Å². The van der Waals surface area contributed by atoms with Crippen LogP contribution in [0.2, 0.25) is 0 Å². The van der Waals surface area contributed by atoms with E-state index in [1.54, 1.807) is 33.5 Å². The zero-order chi connectivity index (χ0) is 18.0. The molecule has 1 atom stereocenters.